The number of alkyl halides is 3. The van der Waals surface area contributed by atoms with Crippen molar-refractivity contribution in [2.45, 2.75) is 10.7 Å². The minimum Gasteiger partial charge on any atom is -0.464 e. The molecular weight excluding hydrogens is 234 g/mol. The van der Waals surface area contributed by atoms with Crippen LogP contribution in [-0.4, -0.2) is 16.6 Å². The Bertz CT molecular complexity index is 287. The first-order valence-corrected chi connectivity index (χ1v) is 4.70. The van der Waals surface area contributed by atoms with Crippen LogP contribution in [0.2, 0.25) is 0 Å². The summed E-state index contributed by atoms with van der Waals surface area (Å²) < 4.78 is 3.51. The standard InChI is InChI=1S/C7H7Cl3N2O/c1-2-13-6-11-4-3-5(12-6)7(8,9)10/h3-4H,2H2,1H3. The van der Waals surface area contributed by atoms with E-state index < -0.39 is 3.79 Å². The van der Waals surface area contributed by atoms with Gasteiger partial charge < -0.3 is 4.74 Å². The molecule has 1 heterocycles. The first-order valence-electron chi connectivity index (χ1n) is 3.57. The van der Waals surface area contributed by atoms with Gasteiger partial charge in [-0.25, -0.2) is 4.98 Å². The molecule has 0 amide bonds. The third-order valence-corrected chi connectivity index (χ3v) is 1.78. The summed E-state index contributed by atoms with van der Waals surface area (Å²) in [6.07, 6.45) is 1.48. The molecule has 0 bridgehead atoms. The lowest BCUT2D eigenvalue weighted by molar-refractivity contribution is 0.311. The number of hydrogen-bond acceptors (Lipinski definition) is 3. The predicted molar refractivity (Wildman–Crippen MR) is 52.4 cm³/mol. The van der Waals surface area contributed by atoms with Crippen LogP contribution in [0.4, 0.5) is 0 Å². The Morgan fingerprint density at radius 1 is 1.46 bits per heavy atom. The highest BCUT2D eigenvalue weighted by Crippen LogP contribution is 2.36. The van der Waals surface area contributed by atoms with Crippen molar-refractivity contribution >= 4 is 34.8 Å². The minimum atomic E-state index is -1.53. The molecule has 13 heavy (non-hydrogen) atoms. The average molecular weight is 242 g/mol. The summed E-state index contributed by atoms with van der Waals surface area (Å²) in [4.78, 5) is 7.74. The van der Waals surface area contributed by atoms with E-state index in [0.29, 0.717) is 12.3 Å². The van der Waals surface area contributed by atoms with Crippen LogP contribution >= 0.6 is 34.8 Å². The van der Waals surface area contributed by atoms with Crippen molar-refractivity contribution in [3.63, 3.8) is 0 Å². The lowest BCUT2D eigenvalue weighted by Gasteiger charge is -2.10. The maximum atomic E-state index is 5.62. The summed E-state index contributed by atoms with van der Waals surface area (Å²) in [5.41, 5.74) is 0.302. The molecule has 0 aliphatic heterocycles. The van der Waals surface area contributed by atoms with Gasteiger partial charge >= 0.3 is 6.01 Å². The molecule has 1 rings (SSSR count). The van der Waals surface area contributed by atoms with Gasteiger partial charge in [0.05, 0.1) is 12.3 Å². The van der Waals surface area contributed by atoms with Crippen LogP contribution in [-0.2, 0) is 3.79 Å². The van der Waals surface area contributed by atoms with Crippen LogP contribution in [0.25, 0.3) is 0 Å². The largest absolute Gasteiger partial charge is 0.464 e. The van der Waals surface area contributed by atoms with Gasteiger partial charge in [-0.1, -0.05) is 34.8 Å². The Hall–Kier alpha value is -0.250. The Morgan fingerprint density at radius 2 is 2.15 bits per heavy atom. The average Bonchev–Trinajstić information content (AvgIpc) is 2.04. The summed E-state index contributed by atoms with van der Waals surface area (Å²) in [6.45, 7) is 2.30. The highest BCUT2D eigenvalue weighted by Gasteiger charge is 2.25. The number of aromatic nitrogens is 2. The van der Waals surface area contributed by atoms with Crippen molar-refractivity contribution in [3.8, 4) is 6.01 Å². The molecule has 1 aromatic rings. The maximum Gasteiger partial charge on any atom is 0.316 e. The monoisotopic (exact) mass is 240 g/mol. The van der Waals surface area contributed by atoms with E-state index in [1.807, 2.05) is 6.92 Å². The highest BCUT2D eigenvalue weighted by molar-refractivity contribution is 6.66. The molecule has 0 saturated carbocycles. The molecule has 0 unspecified atom stereocenters. The maximum absolute atomic E-state index is 5.62. The van der Waals surface area contributed by atoms with E-state index in [1.54, 1.807) is 0 Å². The van der Waals surface area contributed by atoms with E-state index in [1.165, 1.54) is 12.3 Å². The Morgan fingerprint density at radius 3 is 2.69 bits per heavy atom. The van der Waals surface area contributed by atoms with Crippen molar-refractivity contribution in [2.24, 2.45) is 0 Å². The van der Waals surface area contributed by atoms with Crippen LogP contribution in [0, 0.1) is 0 Å². The molecule has 0 spiro atoms. The van der Waals surface area contributed by atoms with Crippen LogP contribution < -0.4 is 4.74 Å². The van der Waals surface area contributed by atoms with Crippen LogP contribution in [0.1, 0.15) is 12.6 Å². The van der Waals surface area contributed by atoms with Gasteiger partial charge in [-0.05, 0) is 13.0 Å². The zero-order valence-corrected chi connectivity index (χ0v) is 9.07. The highest BCUT2D eigenvalue weighted by atomic mass is 35.6. The van der Waals surface area contributed by atoms with Gasteiger partial charge in [-0.2, -0.15) is 4.98 Å². The van der Waals surface area contributed by atoms with E-state index in [0.717, 1.165) is 0 Å². The molecule has 0 aliphatic carbocycles. The van der Waals surface area contributed by atoms with Gasteiger partial charge in [0.1, 0.15) is 0 Å². The summed E-state index contributed by atoms with van der Waals surface area (Å²) in [5, 5.41) is 0. The van der Waals surface area contributed by atoms with Gasteiger partial charge in [0, 0.05) is 6.20 Å². The SMILES string of the molecule is CCOc1nccc(C(Cl)(Cl)Cl)n1. The molecule has 0 atom stereocenters. The molecule has 6 heteroatoms. The summed E-state index contributed by atoms with van der Waals surface area (Å²) >= 11 is 16.8. The number of hydrogen-bond donors (Lipinski definition) is 0. The second-order valence-electron chi connectivity index (χ2n) is 2.16. The number of halogens is 3. The topological polar surface area (TPSA) is 35.0 Å². The fourth-order valence-corrected chi connectivity index (χ4v) is 1.01. The molecule has 0 aliphatic rings. The van der Waals surface area contributed by atoms with Gasteiger partial charge in [0.25, 0.3) is 0 Å². The van der Waals surface area contributed by atoms with Crippen molar-refractivity contribution in [1.82, 2.24) is 9.97 Å². The van der Waals surface area contributed by atoms with Crippen molar-refractivity contribution in [3.05, 3.63) is 18.0 Å². The van der Waals surface area contributed by atoms with Gasteiger partial charge in [-0.3, -0.25) is 0 Å². The molecule has 0 fully saturated rings. The van der Waals surface area contributed by atoms with E-state index >= 15 is 0 Å². The first kappa shape index (κ1) is 10.8. The van der Waals surface area contributed by atoms with E-state index in [-0.39, 0.29) is 6.01 Å². The molecule has 72 valence electrons. The first-order chi connectivity index (χ1) is 6.04. The summed E-state index contributed by atoms with van der Waals surface area (Å²) in [6, 6.07) is 1.74. The normalized spacial score (nSPS) is 11.4. The van der Waals surface area contributed by atoms with E-state index in [4.69, 9.17) is 39.5 Å². The lowest BCUT2D eigenvalue weighted by Crippen LogP contribution is -2.06. The number of ether oxygens (including phenoxy) is 1. The molecule has 0 saturated heterocycles. The molecule has 0 radical (unpaired) electrons. The number of nitrogens with zero attached hydrogens (tertiary/aromatic N) is 2. The van der Waals surface area contributed by atoms with Crippen LogP contribution in [0.3, 0.4) is 0 Å². The summed E-state index contributed by atoms with van der Waals surface area (Å²) in [5.74, 6) is 0. The second-order valence-corrected chi connectivity index (χ2v) is 4.44. The Balaban J connectivity index is 2.92. The predicted octanol–water partition coefficient (Wildman–Crippen LogP) is 2.70. The fraction of sp³-hybridized carbons (Fsp3) is 0.429. The Labute approximate surface area is 91.0 Å². The third-order valence-electron chi connectivity index (χ3n) is 1.20. The zero-order chi connectivity index (χ0) is 9.90. The molecule has 1 aromatic heterocycles. The lowest BCUT2D eigenvalue weighted by atomic mass is 10.4. The Kier molecular flexibility index (Phi) is 3.59. The fourth-order valence-electron chi connectivity index (χ4n) is 0.697. The third kappa shape index (κ3) is 3.18. The van der Waals surface area contributed by atoms with Gasteiger partial charge in [0.2, 0.25) is 3.79 Å². The molecular formula is C7H7Cl3N2O. The van der Waals surface area contributed by atoms with E-state index in [9.17, 15) is 0 Å². The van der Waals surface area contributed by atoms with Crippen molar-refractivity contribution < 1.29 is 4.74 Å². The molecule has 0 aromatic carbocycles. The quantitative estimate of drug-likeness (QED) is 0.747. The molecule has 0 N–H and O–H groups in total. The number of rotatable bonds is 2. The summed E-state index contributed by atoms with van der Waals surface area (Å²) in [7, 11) is 0. The van der Waals surface area contributed by atoms with E-state index in [2.05, 4.69) is 9.97 Å². The van der Waals surface area contributed by atoms with Gasteiger partial charge in [-0.15, -0.1) is 0 Å². The van der Waals surface area contributed by atoms with Gasteiger partial charge in [0.15, 0.2) is 0 Å². The second kappa shape index (κ2) is 4.31. The van der Waals surface area contributed by atoms with Crippen LogP contribution in [0.5, 0.6) is 6.01 Å². The molecule has 3 nitrogen and oxygen atoms in total. The zero-order valence-electron chi connectivity index (χ0n) is 6.80. The minimum absolute atomic E-state index is 0.214. The van der Waals surface area contributed by atoms with Crippen molar-refractivity contribution in [1.29, 1.82) is 0 Å². The van der Waals surface area contributed by atoms with Crippen LogP contribution in [0.15, 0.2) is 12.3 Å². The van der Waals surface area contributed by atoms with Crippen molar-refractivity contribution in [2.75, 3.05) is 6.61 Å². The smallest absolute Gasteiger partial charge is 0.316 e.